The summed E-state index contributed by atoms with van der Waals surface area (Å²) in [5.74, 6) is 2.01. The molecule has 0 bridgehead atoms. The number of hydrogen-bond acceptors (Lipinski definition) is 6. The summed E-state index contributed by atoms with van der Waals surface area (Å²) in [7, 11) is 3.41. The zero-order chi connectivity index (χ0) is 13.5. The van der Waals surface area contributed by atoms with Crippen LogP contribution in [0.15, 0.2) is 25.0 Å². The largest absolute Gasteiger partial charge is 0.490 e. The highest BCUT2D eigenvalue weighted by Gasteiger charge is 2.09. The number of rotatable bonds is 7. The lowest BCUT2D eigenvalue weighted by Gasteiger charge is -2.12. The van der Waals surface area contributed by atoms with Gasteiger partial charge < -0.3 is 19.9 Å². The minimum atomic E-state index is 0.632. The maximum absolute atomic E-state index is 5.31. The summed E-state index contributed by atoms with van der Waals surface area (Å²) in [4.78, 5) is 12.3. The van der Waals surface area contributed by atoms with Gasteiger partial charge in [-0.1, -0.05) is 0 Å². The smallest absolute Gasteiger partial charge is 0.204 e. The van der Waals surface area contributed by atoms with E-state index < -0.39 is 0 Å². The Morgan fingerprint density at radius 2 is 2.16 bits per heavy atom. The summed E-state index contributed by atoms with van der Waals surface area (Å²) in [6.45, 7) is 1.72. The zero-order valence-electron chi connectivity index (χ0n) is 11.1. The number of ether oxygens (including phenoxy) is 1. The third-order valence-electron chi connectivity index (χ3n) is 2.69. The van der Waals surface area contributed by atoms with Gasteiger partial charge in [0.15, 0.2) is 11.6 Å². The van der Waals surface area contributed by atoms with Crippen molar-refractivity contribution >= 4 is 11.6 Å². The topological polar surface area (TPSA) is 76.9 Å². The predicted octanol–water partition coefficient (Wildman–Crippen LogP) is 1.23. The Balaban J connectivity index is 1.88. The average Bonchev–Trinajstić information content (AvgIpc) is 2.96. The molecule has 0 saturated carbocycles. The predicted molar refractivity (Wildman–Crippen MR) is 73.5 cm³/mol. The van der Waals surface area contributed by atoms with Crippen LogP contribution in [0.1, 0.15) is 6.42 Å². The number of methoxy groups -OCH3 is 1. The van der Waals surface area contributed by atoms with E-state index in [-0.39, 0.29) is 0 Å². The van der Waals surface area contributed by atoms with Gasteiger partial charge in [-0.15, -0.1) is 0 Å². The molecule has 2 N–H and O–H groups in total. The molecule has 2 aromatic heterocycles. The highest BCUT2D eigenvalue weighted by Crippen LogP contribution is 2.28. The van der Waals surface area contributed by atoms with Crippen molar-refractivity contribution in [3.8, 4) is 5.75 Å². The number of nitrogens with zero attached hydrogens (tertiary/aromatic N) is 4. The molecule has 0 aromatic carbocycles. The lowest BCUT2D eigenvalue weighted by molar-refractivity contribution is 0.415. The molecule has 7 nitrogen and oxygen atoms in total. The molecule has 0 fully saturated rings. The van der Waals surface area contributed by atoms with Crippen molar-refractivity contribution in [3.63, 3.8) is 0 Å². The van der Waals surface area contributed by atoms with Gasteiger partial charge in [0.2, 0.25) is 5.75 Å². The van der Waals surface area contributed by atoms with Crippen molar-refractivity contribution in [1.29, 1.82) is 0 Å². The maximum atomic E-state index is 5.31. The lowest BCUT2D eigenvalue weighted by atomic mass is 10.4. The Morgan fingerprint density at radius 3 is 2.84 bits per heavy atom. The van der Waals surface area contributed by atoms with E-state index >= 15 is 0 Å². The first kappa shape index (κ1) is 13.1. The summed E-state index contributed by atoms with van der Waals surface area (Å²) in [6.07, 6.45) is 8.01. The number of aryl methyl sites for hydroxylation is 1. The van der Waals surface area contributed by atoms with Crippen LogP contribution in [0.2, 0.25) is 0 Å². The van der Waals surface area contributed by atoms with Crippen LogP contribution in [-0.4, -0.2) is 40.2 Å². The van der Waals surface area contributed by atoms with Crippen molar-refractivity contribution in [2.24, 2.45) is 0 Å². The number of anilines is 2. The van der Waals surface area contributed by atoms with Crippen LogP contribution in [0.25, 0.3) is 0 Å². The van der Waals surface area contributed by atoms with E-state index in [0.717, 1.165) is 19.5 Å². The van der Waals surface area contributed by atoms with Crippen LogP contribution < -0.4 is 15.4 Å². The van der Waals surface area contributed by atoms with Gasteiger partial charge in [-0.2, -0.15) is 0 Å². The molecule has 2 heterocycles. The molecule has 102 valence electrons. The maximum Gasteiger partial charge on any atom is 0.204 e. The first-order valence-corrected chi connectivity index (χ1v) is 6.11. The van der Waals surface area contributed by atoms with Gasteiger partial charge in [-0.3, -0.25) is 0 Å². The summed E-state index contributed by atoms with van der Waals surface area (Å²) >= 11 is 0. The van der Waals surface area contributed by atoms with Gasteiger partial charge in [-0.25, -0.2) is 15.0 Å². The highest BCUT2D eigenvalue weighted by molar-refractivity contribution is 5.63. The Bertz CT molecular complexity index is 499. The van der Waals surface area contributed by atoms with Crippen molar-refractivity contribution in [2.45, 2.75) is 13.0 Å². The van der Waals surface area contributed by atoms with Crippen molar-refractivity contribution in [3.05, 3.63) is 25.0 Å². The fourth-order valence-electron chi connectivity index (χ4n) is 1.76. The Labute approximate surface area is 112 Å². The first-order chi connectivity index (χ1) is 9.35. The van der Waals surface area contributed by atoms with Crippen LogP contribution in [0, 0.1) is 0 Å². The SMILES string of the molecule is CNc1ncnc(NCCCn2ccnc2)c1OC. The van der Waals surface area contributed by atoms with E-state index in [2.05, 4.69) is 25.6 Å². The van der Waals surface area contributed by atoms with Crippen LogP contribution in [0.5, 0.6) is 5.75 Å². The number of hydrogen-bond donors (Lipinski definition) is 2. The van der Waals surface area contributed by atoms with Crippen LogP contribution in [0.3, 0.4) is 0 Å². The van der Waals surface area contributed by atoms with Crippen LogP contribution in [0.4, 0.5) is 11.6 Å². The van der Waals surface area contributed by atoms with Crippen molar-refractivity contribution in [1.82, 2.24) is 19.5 Å². The first-order valence-electron chi connectivity index (χ1n) is 6.11. The molecule has 0 atom stereocenters. The lowest BCUT2D eigenvalue weighted by Crippen LogP contribution is -2.09. The van der Waals surface area contributed by atoms with E-state index in [1.165, 1.54) is 6.33 Å². The van der Waals surface area contributed by atoms with Crippen LogP contribution >= 0.6 is 0 Å². The van der Waals surface area contributed by atoms with Crippen molar-refractivity contribution < 1.29 is 4.74 Å². The number of nitrogens with one attached hydrogen (secondary N) is 2. The molecule has 0 unspecified atom stereocenters. The molecular weight excluding hydrogens is 244 g/mol. The normalized spacial score (nSPS) is 10.2. The van der Waals surface area contributed by atoms with Gasteiger partial charge in [0.25, 0.3) is 0 Å². The fourth-order valence-corrected chi connectivity index (χ4v) is 1.76. The van der Waals surface area contributed by atoms with Gasteiger partial charge >= 0.3 is 0 Å². The summed E-state index contributed by atoms with van der Waals surface area (Å²) in [5.41, 5.74) is 0. The van der Waals surface area contributed by atoms with Crippen molar-refractivity contribution in [2.75, 3.05) is 31.3 Å². The highest BCUT2D eigenvalue weighted by atomic mass is 16.5. The summed E-state index contributed by atoms with van der Waals surface area (Å²) < 4.78 is 7.34. The second-order valence-corrected chi connectivity index (χ2v) is 3.93. The Hall–Kier alpha value is -2.31. The van der Waals surface area contributed by atoms with Gasteiger partial charge in [0, 0.05) is 32.5 Å². The van der Waals surface area contributed by atoms with Crippen LogP contribution in [-0.2, 0) is 6.54 Å². The molecule has 0 aliphatic rings. The van der Waals surface area contributed by atoms with E-state index in [0.29, 0.717) is 17.4 Å². The molecule has 0 aliphatic carbocycles. The zero-order valence-corrected chi connectivity index (χ0v) is 11.1. The minimum Gasteiger partial charge on any atom is -0.490 e. The average molecular weight is 262 g/mol. The molecule has 2 rings (SSSR count). The molecule has 0 radical (unpaired) electrons. The van der Waals surface area contributed by atoms with Gasteiger partial charge in [-0.05, 0) is 6.42 Å². The molecule has 0 amide bonds. The number of aromatic nitrogens is 4. The molecular formula is C12H18N6O. The third kappa shape index (κ3) is 3.34. The fraction of sp³-hybridized carbons (Fsp3) is 0.417. The molecule has 7 heteroatoms. The van der Waals surface area contributed by atoms with E-state index in [1.807, 2.05) is 17.1 Å². The standard InChI is InChI=1S/C12H18N6O/c1-13-11-10(19-2)12(17-8-16-11)15-4-3-6-18-7-5-14-9-18/h5,7-9H,3-4,6H2,1-2H3,(H2,13,15,16,17). The summed E-state index contributed by atoms with van der Waals surface area (Å²) in [6, 6.07) is 0. The second kappa shape index (κ2) is 6.58. The second-order valence-electron chi connectivity index (χ2n) is 3.93. The number of imidazole rings is 1. The third-order valence-corrected chi connectivity index (χ3v) is 2.69. The van der Waals surface area contributed by atoms with Gasteiger partial charge in [0.1, 0.15) is 6.33 Å². The molecule has 0 saturated heterocycles. The van der Waals surface area contributed by atoms with E-state index in [9.17, 15) is 0 Å². The van der Waals surface area contributed by atoms with E-state index in [1.54, 1.807) is 20.4 Å². The Kier molecular flexibility index (Phi) is 4.54. The summed E-state index contributed by atoms with van der Waals surface area (Å²) in [5, 5.41) is 6.22. The Morgan fingerprint density at radius 1 is 1.32 bits per heavy atom. The quantitative estimate of drug-likeness (QED) is 0.731. The molecule has 19 heavy (non-hydrogen) atoms. The minimum absolute atomic E-state index is 0.632. The molecule has 0 spiro atoms. The molecule has 2 aromatic rings. The monoisotopic (exact) mass is 262 g/mol. The van der Waals surface area contributed by atoms with Gasteiger partial charge in [0.05, 0.1) is 13.4 Å². The van der Waals surface area contributed by atoms with E-state index in [4.69, 9.17) is 4.74 Å². The molecule has 0 aliphatic heterocycles.